The maximum atomic E-state index is 12.2. The maximum Gasteiger partial charge on any atom is 0.317 e. The summed E-state index contributed by atoms with van der Waals surface area (Å²) in [6, 6.07) is 11.5. The summed E-state index contributed by atoms with van der Waals surface area (Å²) in [5.41, 5.74) is 2.19. The van der Waals surface area contributed by atoms with Gasteiger partial charge < -0.3 is 15.1 Å². The highest BCUT2D eigenvalue weighted by molar-refractivity contribution is 6.30. The van der Waals surface area contributed by atoms with E-state index >= 15 is 0 Å². The van der Waals surface area contributed by atoms with Gasteiger partial charge in [0.15, 0.2) is 0 Å². The van der Waals surface area contributed by atoms with Gasteiger partial charge in [-0.25, -0.2) is 4.79 Å². The molecule has 6 heteroatoms. The number of pyridine rings is 1. The number of carbonyl (C=O) groups is 1. The highest BCUT2D eigenvalue weighted by Crippen LogP contribution is 2.15. The van der Waals surface area contributed by atoms with Crippen LogP contribution in [0.2, 0.25) is 5.02 Å². The Kier molecular flexibility index (Phi) is 4.98. The lowest BCUT2D eigenvalue weighted by Gasteiger charge is -2.36. The molecule has 1 fully saturated rings. The van der Waals surface area contributed by atoms with Gasteiger partial charge in [0.1, 0.15) is 0 Å². The number of rotatable bonds is 3. The van der Waals surface area contributed by atoms with Crippen LogP contribution in [0.15, 0.2) is 48.8 Å². The van der Waals surface area contributed by atoms with Crippen molar-refractivity contribution in [3.63, 3.8) is 0 Å². The van der Waals surface area contributed by atoms with E-state index in [4.69, 9.17) is 11.6 Å². The van der Waals surface area contributed by atoms with E-state index in [1.807, 2.05) is 41.3 Å². The van der Waals surface area contributed by atoms with Crippen LogP contribution in [0.1, 0.15) is 5.56 Å². The molecule has 1 aliphatic rings. The summed E-state index contributed by atoms with van der Waals surface area (Å²) in [5, 5.41) is 3.66. The maximum absolute atomic E-state index is 12.2. The number of nitrogens with one attached hydrogen (secondary N) is 1. The topological polar surface area (TPSA) is 48.5 Å². The number of hydrogen-bond donors (Lipinski definition) is 1. The molecule has 0 radical (unpaired) electrons. The standard InChI is InChI=1S/C17H19ClN4O/c18-15-3-1-14(2-4-15)13-20-17(23)22-11-9-21(10-12-22)16-5-7-19-8-6-16/h1-8H,9-13H2,(H,20,23). The van der Waals surface area contributed by atoms with Crippen LogP contribution in [0.4, 0.5) is 10.5 Å². The van der Waals surface area contributed by atoms with Crippen LogP contribution in [0, 0.1) is 0 Å². The summed E-state index contributed by atoms with van der Waals surface area (Å²) < 4.78 is 0. The van der Waals surface area contributed by atoms with Crippen LogP contribution in [0.5, 0.6) is 0 Å². The zero-order valence-corrected chi connectivity index (χ0v) is 13.5. The highest BCUT2D eigenvalue weighted by Gasteiger charge is 2.20. The number of aromatic nitrogens is 1. The Labute approximate surface area is 140 Å². The number of benzene rings is 1. The molecule has 1 aliphatic heterocycles. The highest BCUT2D eigenvalue weighted by atomic mass is 35.5. The molecule has 0 saturated carbocycles. The smallest absolute Gasteiger partial charge is 0.317 e. The van der Waals surface area contributed by atoms with Gasteiger partial charge in [0, 0.05) is 55.8 Å². The largest absolute Gasteiger partial charge is 0.368 e. The Morgan fingerprint density at radius 2 is 1.70 bits per heavy atom. The van der Waals surface area contributed by atoms with Gasteiger partial charge in [-0.3, -0.25) is 4.98 Å². The first-order valence-electron chi connectivity index (χ1n) is 7.64. The summed E-state index contributed by atoms with van der Waals surface area (Å²) in [5.74, 6) is 0. The molecule has 1 saturated heterocycles. The second kappa shape index (κ2) is 7.33. The SMILES string of the molecule is O=C(NCc1ccc(Cl)cc1)N1CCN(c2ccncc2)CC1. The van der Waals surface area contributed by atoms with E-state index in [-0.39, 0.29) is 6.03 Å². The van der Waals surface area contributed by atoms with Crippen molar-refractivity contribution >= 4 is 23.3 Å². The summed E-state index contributed by atoms with van der Waals surface area (Å²) >= 11 is 5.86. The van der Waals surface area contributed by atoms with Gasteiger partial charge >= 0.3 is 6.03 Å². The molecule has 23 heavy (non-hydrogen) atoms. The minimum absolute atomic E-state index is 0.0191. The zero-order valence-electron chi connectivity index (χ0n) is 12.8. The van der Waals surface area contributed by atoms with Gasteiger partial charge in [-0.05, 0) is 29.8 Å². The molecular weight excluding hydrogens is 312 g/mol. The normalized spacial score (nSPS) is 14.7. The van der Waals surface area contributed by atoms with Gasteiger partial charge in [-0.1, -0.05) is 23.7 Å². The van der Waals surface area contributed by atoms with E-state index in [1.54, 1.807) is 12.4 Å². The number of amides is 2. The molecule has 0 spiro atoms. The number of carbonyl (C=O) groups excluding carboxylic acids is 1. The van der Waals surface area contributed by atoms with Crippen molar-refractivity contribution in [1.29, 1.82) is 0 Å². The van der Waals surface area contributed by atoms with Crippen molar-refractivity contribution < 1.29 is 4.79 Å². The lowest BCUT2D eigenvalue weighted by atomic mass is 10.2. The zero-order chi connectivity index (χ0) is 16.1. The van der Waals surface area contributed by atoms with E-state index in [0.29, 0.717) is 11.6 Å². The number of halogens is 1. The first-order chi connectivity index (χ1) is 11.2. The summed E-state index contributed by atoms with van der Waals surface area (Å²) in [6.45, 7) is 3.61. The molecule has 0 bridgehead atoms. The Bertz CT molecular complexity index is 639. The van der Waals surface area contributed by atoms with E-state index < -0.39 is 0 Å². The van der Waals surface area contributed by atoms with Crippen LogP contribution in [0.25, 0.3) is 0 Å². The van der Waals surface area contributed by atoms with Crippen molar-refractivity contribution in [2.45, 2.75) is 6.54 Å². The molecule has 3 rings (SSSR count). The number of hydrogen-bond acceptors (Lipinski definition) is 3. The molecule has 120 valence electrons. The molecule has 0 aliphatic carbocycles. The number of anilines is 1. The van der Waals surface area contributed by atoms with Gasteiger partial charge in [-0.15, -0.1) is 0 Å². The third kappa shape index (κ3) is 4.13. The first kappa shape index (κ1) is 15.6. The van der Waals surface area contributed by atoms with E-state index in [0.717, 1.165) is 37.4 Å². The van der Waals surface area contributed by atoms with E-state index in [9.17, 15) is 4.79 Å². The van der Waals surface area contributed by atoms with Crippen LogP contribution in [0.3, 0.4) is 0 Å². The summed E-state index contributed by atoms with van der Waals surface area (Å²) in [4.78, 5) is 20.4. The Balaban J connectivity index is 1.47. The molecule has 1 N–H and O–H groups in total. The van der Waals surface area contributed by atoms with Crippen molar-refractivity contribution in [2.24, 2.45) is 0 Å². The Morgan fingerprint density at radius 1 is 1.04 bits per heavy atom. The second-order valence-electron chi connectivity index (χ2n) is 5.46. The number of urea groups is 1. The molecule has 1 aromatic carbocycles. The van der Waals surface area contributed by atoms with Gasteiger partial charge in [-0.2, -0.15) is 0 Å². The van der Waals surface area contributed by atoms with Gasteiger partial charge in [0.25, 0.3) is 0 Å². The predicted molar refractivity (Wildman–Crippen MR) is 91.7 cm³/mol. The monoisotopic (exact) mass is 330 g/mol. The third-order valence-corrected chi connectivity index (χ3v) is 4.20. The van der Waals surface area contributed by atoms with Crippen molar-refractivity contribution in [1.82, 2.24) is 15.2 Å². The molecular formula is C17H19ClN4O. The fourth-order valence-electron chi connectivity index (χ4n) is 2.61. The van der Waals surface area contributed by atoms with Crippen LogP contribution in [-0.2, 0) is 6.54 Å². The van der Waals surface area contributed by atoms with E-state index in [1.165, 1.54) is 0 Å². The Morgan fingerprint density at radius 3 is 2.35 bits per heavy atom. The number of nitrogens with zero attached hydrogens (tertiary/aromatic N) is 3. The fraction of sp³-hybridized carbons (Fsp3) is 0.294. The van der Waals surface area contributed by atoms with Crippen LogP contribution < -0.4 is 10.2 Å². The summed E-state index contributed by atoms with van der Waals surface area (Å²) in [6.07, 6.45) is 3.58. The lowest BCUT2D eigenvalue weighted by Crippen LogP contribution is -2.51. The van der Waals surface area contributed by atoms with Crippen LogP contribution in [-0.4, -0.2) is 42.1 Å². The molecule has 2 aromatic rings. The molecule has 0 atom stereocenters. The van der Waals surface area contributed by atoms with Crippen molar-refractivity contribution in [3.05, 3.63) is 59.4 Å². The molecule has 5 nitrogen and oxygen atoms in total. The van der Waals surface area contributed by atoms with E-state index in [2.05, 4.69) is 15.2 Å². The second-order valence-corrected chi connectivity index (χ2v) is 5.90. The lowest BCUT2D eigenvalue weighted by molar-refractivity contribution is 0.194. The van der Waals surface area contributed by atoms with Crippen molar-refractivity contribution in [3.8, 4) is 0 Å². The number of piperazine rings is 1. The predicted octanol–water partition coefficient (Wildman–Crippen LogP) is 2.77. The minimum atomic E-state index is -0.0191. The third-order valence-electron chi connectivity index (χ3n) is 3.95. The molecule has 2 amide bonds. The van der Waals surface area contributed by atoms with Gasteiger partial charge in [0.2, 0.25) is 0 Å². The minimum Gasteiger partial charge on any atom is -0.368 e. The molecule has 0 unspecified atom stereocenters. The first-order valence-corrected chi connectivity index (χ1v) is 8.02. The quantitative estimate of drug-likeness (QED) is 0.941. The summed E-state index contributed by atoms with van der Waals surface area (Å²) in [7, 11) is 0. The van der Waals surface area contributed by atoms with Crippen molar-refractivity contribution in [2.75, 3.05) is 31.1 Å². The average Bonchev–Trinajstić information content (AvgIpc) is 2.62. The molecule has 1 aromatic heterocycles. The fourth-order valence-corrected chi connectivity index (χ4v) is 2.74. The Hall–Kier alpha value is -2.27. The molecule has 2 heterocycles. The van der Waals surface area contributed by atoms with Gasteiger partial charge in [0.05, 0.1) is 0 Å². The van der Waals surface area contributed by atoms with Crippen LogP contribution >= 0.6 is 11.6 Å². The average molecular weight is 331 g/mol.